The normalized spacial score (nSPS) is 26.2. The zero-order valence-corrected chi connectivity index (χ0v) is 14.6. The van der Waals surface area contributed by atoms with Crippen LogP contribution in [0, 0.1) is 0 Å². The molecule has 0 aromatic rings. The van der Waals surface area contributed by atoms with Crippen LogP contribution in [0.15, 0.2) is 4.90 Å². The van der Waals surface area contributed by atoms with E-state index >= 15 is 0 Å². The Morgan fingerprint density at radius 3 is 1.73 bits per heavy atom. The van der Waals surface area contributed by atoms with Crippen molar-refractivity contribution in [2.45, 2.75) is 114 Å². The Labute approximate surface area is 140 Å². The second-order valence-electron chi connectivity index (χ2n) is 7.74. The number of nitrogens with zero attached hydrogens (tertiary/aromatic N) is 1. The Bertz CT molecular complexity index is 299. The highest BCUT2D eigenvalue weighted by molar-refractivity contribution is 6.38. The average molecular weight is 298 g/mol. The third-order valence-corrected chi connectivity index (χ3v) is 5.56. The van der Waals surface area contributed by atoms with E-state index in [-0.39, 0.29) is 5.31 Å². The standard InChI is InChI=1S/C19H34B2N/c20-19(15-11-7-4-8-12-16-19)17-22-21-18-13-9-5-2-1-3-6-10-14-18/h17-18H,1-16H2. The lowest BCUT2D eigenvalue weighted by molar-refractivity contribution is 0.470. The zero-order valence-electron chi connectivity index (χ0n) is 14.6. The van der Waals surface area contributed by atoms with Crippen LogP contribution in [-0.4, -0.2) is 21.5 Å². The minimum atomic E-state index is -0.132. The molecule has 0 spiro atoms. The summed E-state index contributed by atoms with van der Waals surface area (Å²) in [6.07, 6.45) is 23.5. The molecule has 0 aromatic heterocycles. The van der Waals surface area contributed by atoms with Crippen molar-refractivity contribution in [2.75, 3.05) is 0 Å². The van der Waals surface area contributed by atoms with E-state index < -0.39 is 0 Å². The number of rotatable bonds is 3. The summed E-state index contributed by atoms with van der Waals surface area (Å²) in [5, 5.41) is -0.132. The maximum Gasteiger partial charge on any atom is 0.277 e. The van der Waals surface area contributed by atoms with E-state index in [0.29, 0.717) is 5.82 Å². The first-order valence-corrected chi connectivity index (χ1v) is 9.95. The minimum Gasteiger partial charge on any atom is -0.360 e. The molecule has 0 bridgehead atoms. The maximum absolute atomic E-state index is 6.58. The molecule has 121 valence electrons. The Morgan fingerprint density at radius 1 is 0.727 bits per heavy atom. The summed E-state index contributed by atoms with van der Waals surface area (Å²) in [4.78, 5) is 4.71. The van der Waals surface area contributed by atoms with Crippen LogP contribution in [0.25, 0.3) is 0 Å². The molecule has 0 aliphatic heterocycles. The molecule has 0 unspecified atom stereocenters. The van der Waals surface area contributed by atoms with Crippen molar-refractivity contribution in [3.05, 3.63) is 0 Å². The number of hydrogen-bond donors (Lipinski definition) is 0. The fraction of sp³-hybridized carbons (Fsp3) is 0.947. The highest BCUT2D eigenvalue weighted by Gasteiger charge is 2.22. The van der Waals surface area contributed by atoms with E-state index in [1.165, 1.54) is 89.9 Å². The quantitative estimate of drug-likeness (QED) is 0.443. The predicted molar refractivity (Wildman–Crippen MR) is 100 cm³/mol. The first-order chi connectivity index (χ1) is 10.8. The molecule has 2 rings (SSSR count). The van der Waals surface area contributed by atoms with E-state index in [9.17, 15) is 0 Å². The van der Waals surface area contributed by atoms with Gasteiger partial charge in [-0.1, -0.05) is 103 Å². The van der Waals surface area contributed by atoms with Crippen LogP contribution in [0.2, 0.25) is 11.1 Å². The Morgan fingerprint density at radius 2 is 1.18 bits per heavy atom. The highest BCUT2D eigenvalue weighted by Crippen LogP contribution is 2.36. The van der Waals surface area contributed by atoms with Crippen LogP contribution in [0.3, 0.4) is 0 Å². The van der Waals surface area contributed by atoms with Crippen molar-refractivity contribution in [3.63, 3.8) is 0 Å². The van der Waals surface area contributed by atoms with Gasteiger partial charge in [-0.05, 0) is 17.3 Å². The molecule has 0 saturated heterocycles. The molecule has 2 aliphatic carbocycles. The molecule has 1 nitrogen and oxygen atoms in total. The SMILES string of the molecule is [B]C1(C=N[B]C2CCCCCCCCC2)CCCCCCC1. The number of hydrogen-bond acceptors (Lipinski definition) is 1. The van der Waals surface area contributed by atoms with Gasteiger partial charge in [0.2, 0.25) is 0 Å². The second kappa shape index (κ2) is 10.6. The van der Waals surface area contributed by atoms with Crippen LogP contribution in [-0.2, 0) is 0 Å². The molecule has 0 N–H and O–H groups in total. The molecule has 2 aliphatic rings. The van der Waals surface area contributed by atoms with Gasteiger partial charge in [0.1, 0.15) is 0 Å². The van der Waals surface area contributed by atoms with Crippen LogP contribution in [0.4, 0.5) is 0 Å². The van der Waals surface area contributed by atoms with E-state index in [1.54, 1.807) is 0 Å². The first-order valence-electron chi connectivity index (χ1n) is 9.95. The van der Waals surface area contributed by atoms with Gasteiger partial charge in [0.15, 0.2) is 0 Å². The third kappa shape index (κ3) is 7.38. The van der Waals surface area contributed by atoms with Crippen LogP contribution in [0.1, 0.15) is 103 Å². The van der Waals surface area contributed by atoms with Gasteiger partial charge in [-0.2, -0.15) is 0 Å². The van der Waals surface area contributed by atoms with Gasteiger partial charge in [-0.25, -0.2) is 0 Å². The van der Waals surface area contributed by atoms with Crippen molar-refractivity contribution >= 4 is 21.5 Å². The first kappa shape index (κ1) is 18.1. The van der Waals surface area contributed by atoms with E-state index in [2.05, 4.69) is 13.6 Å². The topological polar surface area (TPSA) is 12.4 Å². The molecule has 3 heteroatoms. The molecule has 0 amide bonds. The van der Waals surface area contributed by atoms with Gasteiger partial charge >= 0.3 is 0 Å². The fourth-order valence-corrected chi connectivity index (χ4v) is 4.00. The smallest absolute Gasteiger partial charge is 0.277 e. The Kier molecular flexibility index (Phi) is 8.70. The summed E-state index contributed by atoms with van der Waals surface area (Å²) < 4.78 is 0. The van der Waals surface area contributed by atoms with E-state index in [1.807, 2.05) is 0 Å². The molecular weight excluding hydrogens is 264 g/mol. The summed E-state index contributed by atoms with van der Waals surface area (Å²) >= 11 is 0. The molecule has 2 saturated carbocycles. The van der Waals surface area contributed by atoms with Crippen molar-refractivity contribution in [1.29, 1.82) is 0 Å². The monoisotopic (exact) mass is 298 g/mol. The lowest BCUT2D eigenvalue weighted by atomic mass is 9.62. The predicted octanol–water partition coefficient (Wildman–Crippen LogP) is 6.06. The van der Waals surface area contributed by atoms with E-state index in [4.69, 9.17) is 12.7 Å². The summed E-state index contributed by atoms with van der Waals surface area (Å²) in [7, 11) is 8.81. The van der Waals surface area contributed by atoms with Gasteiger partial charge in [0.25, 0.3) is 7.41 Å². The lowest BCUT2D eigenvalue weighted by Gasteiger charge is -2.28. The zero-order chi connectivity index (χ0) is 15.5. The van der Waals surface area contributed by atoms with Crippen molar-refractivity contribution in [3.8, 4) is 0 Å². The average Bonchev–Trinajstić information content (AvgIpc) is 2.50. The maximum atomic E-state index is 6.58. The molecule has 2 fully saturated rings. The Balaban J connectivity index is 1.77. The minimum absolute atomic E-state index is 0.132. The largest absolute Gasteiger partial charge is 0.360 e. The summed E-state index contributed by atoms with van der Waals surface area (Å²) in [6, 6.07) is 0. The van der Waals surface area contributed by atoms with Crippen LogP contribution in [0.5, 0.6) is 0 Å². The van der Waals surface area contributed by atoms with Gasteiger partial charge in [0.05, 0.1) is 7.85 Å². The van der Waals surface area contributed by atoms with Crippen LogP contribution < -0.4 is 0 Å². The molecule has 0 aromatic carbocycles. The summed E-state index contributed by atoms with van der Waals surface area (Å²) in [6.45, 7) is 0. The molecular formula is C19H34B2N. The Hall–Kier alpha value is -0.200. The van der Waals surface area contributed by atoms with Crippen molar-refractivity contribution in [2.24, 2.45) is 4.90 Å². The highest BCUT2D eigenvalue weighted by atomic mass is 14.6. The summed E-state index contributed by atoms with van der Waals surface area (Å²) in [5.74, 6) is 0.687. The van der Waals surface area contributed by atoms with Crippen molar-refractivity contribution in [1.82, 2.24) is 0 Å². The molecule has 22 heavy (non-hydrogen) atoms. The molecule has 0 heterocycles. The lowest BCUT2D eigenvalue weighted by Crippen LogP contribution is -2.17. The fourth-order valence-electron chi connectivity index (χ4n) is 4.00. The van der Waals surface area contributed by atoms with Gasteiger partial charge < -0.3 is 4.90 Å². The van der Waals surface area contributed by atoms with Crippen LogP contribution >= 0.6 is 0 Å². The van der Waals surface area contributed by atoms with Crippen molar-refractivity contribution < 1.29 is 0 Å². The third-order valence-electron chi connectivity index (χ3n) is 5.56. The van der Waals surface area contributed by atoms with E-state index in [0.717, 1.165) is 12.8 Å². The second-order valence-corrected chi connectivity index (χ2v) is 7.74. The van der Waals surface area contributed by atoms with Gasteiger partial charge in [-0.3, -0.25) is 0 Å². The van der Waals surface area contributed by atoms with Gasteiger partial charge in [-0.15, -0.1) is 0 Å². The molecule has 3 radical (unpaired) electrons. The molecule has 0 atom stereocenters. The summed E-state index contributed by atoms with van der Waals surface area (Å²) in [5.41, 5.74) is 0. The van der Waals surface area contributed by atoms with Gasteiger partial charge in [0, 0.05) is 0 Å².